The lowest BCUT2D eigenvalue weighted by molar-refractivity contribution is -0.142. The first kappa shape index (κ1) is 33.4. The van der Waals surface area contributed by atoms with Crippen LogP contribution in [-0.2, 0) is 20.7 Å². The molecule has 0 aliphatic carbocycles. The summed E-state index contributed by atoms with van der Waals surface area (Å²) in [5.74, 6) is 2.00. The van der Waals surface area contributed by atoms with Gasteiger partial charge in [0.1, 0.15) is 17.7 Å². The van der Waals surface area contributed by atoms with Gasteiger partial charge in [-0.3, -0.25) is 9.59 Å². The van der Waals surface area contributed by atoms with Gasteiger partial charge in [0.05, 0.1) is 0 Å². The van der Waals surface area contributed by atoms with Crippen LogP contribution in [0.3, 0.4) is 0 Å². The molecule has 41 heavy (non-hydrogen) atoms. The van der Waals surface area contributed by atoms with Gasteiger partial charge < -0.3 is 20.3 Å². The van der Waals surface area contributed by atoms with E-state index in [0.29, 0.717) is 24.1 Å². The third-order valence-electron chi connectivity index (χ3n) is 6.62. The molecule has 2 rings (SSSR count). The molecule has 0 fully saturated rings. The monoisotopic (exact) mass is 561 g/mol. The summed E-state index contributed by atoms with van der Waals surface area (Å²) in [6.45, 7) is 11.8. The summed E-state index contributed by atoms with van der Waals surface area (Å²) >= 11 is 0. The van der Waals surface area contributed by atoms with E-state index in [4.69, 9.17) is 11.2 Å². The number of alkyl carbamates (subject to hydrolysis) is 1. The number of ether oxygens (including phenoxy) is 1. The third kappa shape index (κ3) is 11.3. The number of hydrogen-bond donors (Lipinski definition) is 2. The second-order valence-electron chi connectivity index (χ2n) is 11.5. The molecule has 7 nitrogen and oxygen atoms in total. The van der Waals surface area contributed by atoms with Crippen molar-refractivity contribution in [2.24, 2.45) is 0 Å². The molecule has 0 aliphatic heterocycles. The van der Waals surface area contributed by atoms with Crippen LogP contribution in [0, 0.1) is 12.3 Å². The summed E-state index contributed by atoms with van der Waals surface area (Å²) in [6.07, 6.45) is 9.43. The first-order valence-corrected chi connectivity index (χ1v) is 14.7. The summed E-state index contributed by atoms with van der Waals surface area (Å²) in [5, 5.41) is 5.92. The lowest BCUT2D eigenvalue weighted by atomic mass is 9.98. The van der Waals surface area contributed by atoms with Crippen LogP contribution in [0.1, 0.15) is 96.4 Å². The van der Waals surface area contributed by atoms with Crippen molar-refractivity contribution in [2.75, 3.05) is 6.54 Å². The van der Waals surface area contributed by atoms with Crippen LogP contribution in [0.2, 0.25) is 0 Å². The lowest BCUT2D eigenvalue weighted by Gasteiger charge is -2.35. The molecule has 3 unspecified atom stereocenters. The fourth-order valence-electron chi connectivity index (χ4n) is 4.66. The van der Waals surface area contributed by atoms with Gasteiger partial charge in [0, 0.05) is 24.6 Å². The first-order valence-electron chi connectivity index (χ1n) is 14.7. The Morgan fingerprint density at radius 3 is 2.17 bits per heavy atom. The predicted molar refractivity (Wildman–Crippen MR) is 164 cm³/mol. The Bertz CT molecular complexity index is 1150. The molecule has 222 valence electrons. The van der Waals surface area contributed by atoms with Crippen molar-refractivity contribution < 1.29 is 19.1 Å². The molecule has 7 heteroatoms. The standard InChI is InChI=1S/C34H47N3O4/c1-8-11-15-23-37(30(31(38)35-25(4)16-9-2)28-21-19-26(10-3)20-22-28)32(39)29(24-27-17-13-12-14-18-27)36-33(40)41-34(5,6)7/h3,12-14,17-22,25,29-30H,8-9,11,15-16,23-24H2,1-2,4-7H3,(H,35,38)(H,36,40). The largest absolute Gasteiger partial charge is 0.444 e. The van der Waals surface area contributed by atoms with E-state index >= 15 is 0 Å². The Morgan fingerprint density at radius 1 is 0.951 bits per heavy atom. The second kappa shape index (κ2) is 16.5. The molecule has 3 amide bonds. The second-order valence-corrected chi connectivity index (χ2v) is 11.5. The van der Waals surface area contributed by atoms with Crippen LogP contribution in [-0.4, -0.2) is 47.0 Å². The Kier molecular flexibility index (Phi) is 13.4. The molecule has 2 aromatic carbocycles. The summed E-state index contributed by atoms with van der Waals surface area (Å²) in [7, 11) is 0. The van der Waals surface area contributed by atoms with Crippen molar-refractivity contribution in [1.82, 2.24) is 15.5 Å². The molecule has 0 aromatic heterocycles. The van der Waals surface area contributed by atoms with Gasteiger partial charge in [0.15, 0.2) is 0 Å². The number of terminal acetylenes is 1. The molecule has 0 aliphatic rings. The maximum Gasteiger partial charge on any atom is 0.408 e. The molecular formula is C34H47N3O4. The number of nitrogens with one attached hydrogen (secondary N) is 2. The lowest BCUT2D eigenvalue weighted by Crippen LogP contribution is -2.54. The minimum Gasteiger partial charge on any atom is -0.444 e. The Morgan fingerprint density at radius 2 is 1.61 bits per heavy atom. The zero-order valence-corrected chi connectivity index (χ0v) is 25.5. The Balaban J connectivity index is 2.56. The number of hydrogen-bond acceptors (Lipinski definition) is 4. The first-order chi connectivity index (χ1) is 19.5. The average Bonchev–Trinajstić information content (AvgIpc) is 2.91. The van der Waals surface area contributed by atoms with Crippen molar-refractivity contribution in [1.29, 1.82) is 0 Å². The minimum atomic E-state index is -0.942. The highest BCUT2D eigenvalue weighted by Crippen LogP contribution is 2.25. The number of carbonyl (C=O) groups excluding carboxylic acids is 3. The van der Waals surface area contributed by atoms with E-state index in [1.807, 2.05) is 37.3 Å². The Labute approximate surface area is 246 Å². The van der Waals surface area contributed by atoms with Gasteiger partial charge >= 0.3 is 6.09 Å². The summed E-state index contributed by atoms with van der Waals surface area (Å²) in [5.41, 5.74) is 1.49. The zero-order valence-electron chi connectivity index (χ0n) is 25.5. The summed E-state index contributed by atoms with van der Waals surface area (Å²) in [6, 6.07) is 14.8. The Hall–Kier alpha value is -3.79. The quantitative estimate of drug-likeness (QED) is 0.213. The topological polar surface area (TPSA) is 87.7 Å². The highest BCUT2D eigenvalue weighted by molar-refractivity contribution is 5.92. The third-order valence-corrected chi connectivity index (χ3v) is 6.62. The van der Waals surface area contributed by atoms with Gasteiger partial charge in [-0.2, -0.15) is 0 Å². The van der Waals surface area contributed by atoms with Crippen molar-refractivity contribution in [3.8, 4) is 12.3 Å². The van der Waals surface area contributed by atoms with Crippen LogP contribution in [0.15, 0.2) is 54.6 Å². The summed E-state index contributed by atoms with van der Waals surface area (Å²) < 4.78 is 5.51. The maximum absolute atomic E-state index is 14.4. The van der Waals surface area contributed by atoms with Gasteiger partial charge in [-0.25, -0.2) is 4.79 Å². The number of benzene rings is 2. The van der Waals surface area contributed by atoms with Gasteiger partial charge in [-0.15, -0.1) is 6.42 Å². The normalized spacial score (nSPS) is 13.3. The van der Waals surface area contributed by atoms with E-state index in [0.717, 1.165) is 31.2 Å². The van der Waals surface area contributed by atoms with Crippen molar-refractivity contribution >= 4 is 17.9 Å². The van der Waals surface area contributed by atoms with Crippen LogP contribution in [0.5, 0.6) is 0 Å². The van der Waals surface area contributed by atoms with E-state index in [1.165, 1.54) is 0 Å². The molecule has 2 aromatic rings. The maximum atomic E-state index is 14.4. The van der Waals surface area contributed by atoms with Gasteiger partial charge in [-0.1, -0.05) is 81.5 Å². The fourth-order valence-corrected chi connectivity index (χ4v) is 4.66. The van der Waals surface area contributed by atoms with Gasteiger partial charge in [-0.05, 0) is 63.8 Å². The number of unbranched alkanes of at least 4 members (excludes halogenated alkanes) is 2. The zero-order chi connectivity index (χ0) is 30.4. The van der Waals surface area contributed by atoms with E-state index in [9.17, 15) is 14.4 Å². The van der Waals surface area contributed by atoms with Gasteiger partial charge in [0.25, 0.3) is 0 Å². The van der Waals surface area contributed by atoms with Crippen molar-refractivity contribution in [2.45, 2.75) is 104 Å². The van der Waals surface area contributed by atoms with Gasteiger partial charge in [0.2, 0.25) is 11.8 Å². The number of amides is 3. The molecule has 0 heterocycles. The molecule has 0 radical (unpaired) electrons. The van der Waals surface area contributed by atoms with Crippen LogP contribution < -0.4 is 10.6 Å². The molecular weight excluding hydrogens is 514 g/mol. The molecule has 3 atom stereocenters. The summed E-state index contributed by atoms with van der Waals surface area (Å²) in [4.78, 5) is 42.9. The molecule has 0 saturated carbocycles. The van der Waals surface area contributed by atoms with Crippen molar-refractivity contribution in [3.05, 3.63) is 71.3 Å². The number of carbonyl (C=O) groups is 3. The van der Waals surface area contributed by atoms with Crippen LogP contribution in [0.4, 0.5) is 4.79 Å². The fraction of sp³-hybridized carbons (Fsp3) is 0.500. The number of rotatable bonds is 14. The predicted octanol–water partition coefficient (Wildman–Crippen LogP) is 6.17. The van der Waals surface area contributed by atoms with E-state index < -0.39 is 23.8 Å². The highest BCUT2D eigenvalue weighted by Gasteiger charge is 2.36. The number of nitrogens with zero attached hydrogens (tertiary/aromatic N) is 1. The van der Waals surface area contributed by atoms with Crippen molar-refractivity contribution in [3.63, 3.8) is 0 Å². The van der Waals surface area contributed by atoms with E-state index in [-0.39, 0.29) is 24.3 Å². The van der Waals surface area contributed by atoms with E-state index in [1.54, 1.807) is 49.9 Å². The minimum absolute atomic E-state index is 0.0624. The molecule has 2 N–H and O–H groups in total. The molecule has 0 saturated heterocycles. The van der Waals surface area contributed by atoms with Crippen LogP contribution in [0.25, 0.3) is 0 Å². The SMILES string of the molecule is C#Cc1ccc(C(C(=O)NC(C)CCC)N(CCCCC)C(=O)C(Cc2ccccc2)NC(=O)OC(C)(C)C)cc1. The average molecular weight is 562 g/mol. The molecule has 0 spiro atoms. The smallest absolute Gasteiger partial charge is 0.408 e. The highest BCUT2D eigenvalue weighted by atomic mass is 16.6. The van der Waals surface area contributed by atoms with E-state index in [2.05, 4.69) is 30.4 Å². The van der Waals surface area contributed by atoms with Crippen LogP contribution >= 0.6 is 0 Å². The molecule has 0 bridgehead atoms.